The van der Waals surface area contributed by atoms with Crippen molar-refractivity contribution < 1.29 is 10.0 Å². The highest BCUT2D eigenvalue weighted by Crippen LogP contribution is 2.32. The Bertz CT molecular complexity index is 902. The highest BCUT2D eigenvalue weighted by Gasteiger charge is 2.22. The second kappa shape index (κ2) is 6.83. The van der Waals surface area contributed by atoms with Gasteiger partial charge in [0.05, 0.1) is 10.6 Å². The summed E-state index contributed by atoms with van der Waals surface area (Å²) in [4.78, 5) is 20.6. The molecule has 8 heteroatoms. The van der Waals surface area contributed by atoms with E-state index in [1.807, 2.05) is 30.3 Å². The van der Waals surface area contributed by atoms with Crippen LogP contribution in [0.5, 0.6) is 5.75 Å². The molecule has 0 aliphatic heterocycles. The highest BCUT2D eigenvalue weighted by molar-refractivity contribution is 5.70. The van der Waals surface area contributed by atoms with Crippen molar-refractivity contribution in [3.8, 4) is 5.75 Å². The molecule has 1 heterocycles. The Morgan fingerprint density at radius 1 is 1.12 bits per heavy atom. The van der Waals surface area contributed by atoms with Gasteiger partial charge >= 0.3 is 5.69 Å². The third-order valence-corrected chi connectivity index (χ3v) is 3.56. The van der Waals surface area contributed by atoms with Gasteiger partial charge in [-0.1, -0.05) is 30.3 Å². The maximum Gasteiger partial charge on any atom is 0.330 e. The number of hydrogen-bond donors (Lipinski definition) is 2. The van der Waals surface area contributed by atoms with Crippen LogP contribution in [0.2, 0.25) is 0 Å². The number of rotatable bonds is 5. The molecular weight excluding hydrogens is 322 g/mol. The van der Waals surface area contributed by atoms with E-state index >= 15 is 0 Å². The van der Waals surface area contributed by atoms with Gasteiger partial charge in [0.1, 0.15) is 11.9 Å². The van der Waals surface area contributed by atoms with Gasteiger partial charge in [0.2, 0.25) is 11.8 Å². The molecule has 0 atom stereocenters. The van der Waals surface area contributed by atoms with Crippen LogP contribution in [0.3, 0.4) is 0 Å². The number of benzene rings is 2. The lowest BCUT2D eigenvalue weighted by Crippen LogP contribution is -2.14. The quantitative estimate of drug-likeness (QED) is 0.416. The molecule has 0 bridgehead atoms. The molecule has 0 aliphatic rings. The molecule has 1 aromatic heterocycles. The smallest absolute Gasteiger partial charge is 0.330 e. The molecule has 0 saturated carbocycles. The van der Waals surface area contributed by atoms with E-state index < -0.39 is 4.92 Å². The lowest BCUT2D eigenvalue weighted by molar-refractivity contribution is -0.384. The number of nitro groups is 1. The average molecular weight is 337 g/mol. The first-order valence-electron chi connectivity index (χ1n) is 7.41. The van der Waals surface area contributed by atoms with E-state index in [1.165, 1.54) is 6.07 Å². The number of phenolic OH excluding ortho intramolecular Hbond substituents is 1. The van der Waals surface area contributed by atoms with Crippen LogP contribution < -0.4 is 10.2 Å². The van der Waals surface area contributed by atoms with E-state index in [4.69, 9.17) is 0 Å². The zero-order valence-electron chi connectivity index (χ0n) is 13.3. The summed E-state index contributed by atoms with van der Waals surface area (Å²) in [5.74, 6) is 0.316. The van der Waals surface area contributed by atoms with E-state index in [-0.39, 0.29) is 23.2 Å². The number of para-hydroxylation sites is 3. The topological polar surface area (TPSA) is 104 Å². The summed E-state index contributed by atoms with van der Waals surface area (Å²) in [5, 5.41) is 24.0. The molecule has 0 fully saturated rings. The number of nitrogens with zero attached hydrogens (tertiary/aromatic N) is 4. The summed E-state index contributed by atoms with van der Waals surface area (Å²) in [7, 11) is 1.69. The lowest BCUT2D eigenvalue weighted by Gasteiger charge is -2.18. The monoisotopic (exact) mass is 337 g/mol. The number of nitrogens with one attached hydrogen (secondary N) is 1. The van der Waals surface area contributed by atoms with Gasteiger partial charge in [-0.05, 0) is 24.3 Å². The molecule has 126 valence electrons. The number of phenols is 1. The minimum Gasteiger partial charge on any atom is -0.506 e. The standard InChI is InChI=1S/C17H15N5O3/c1-21(12-7-3-2-4-8-12)16-14(22(24)25)11-18-17(20-16)19-13-9-5-6-10-15(13)23/h2-11,23H,1H3,(H,18,19,20). The Balaban J connectivity index is 2.01. The Kier molecular flexibility index (Phi) is 4.42. The van der Waals surface area contributed by atoms with Crippen LogP contribution >= 0.6 is 0 Å². The van der Waals surface area contributed by atoms with Crippen LogP contribution in [0.1, 0.15) is 0 Å². The zero-order chi connectivity index (χ0) is 17.8. The van der Waals surface area contributed by atoms with Gasteiger partial charge in [0.25, 0.3) is 0 Å². The molecule has 2 aromatic carbocycles. The molecule has 0 aliphatic carbocycles. The molecule has 3 aromatic rings. The Labute approximate surface area is 143 Å². The van der Waals surface area contributed by atoms with Gasteiger partial charge in [-0.25, -0.2) is 4.98 Å². The van der Waals surface area contributed by atoms with E-state index in [9.17, 15) is 15.2 Å². The van der Waals surface area contributed by atoms with E-state index in [0.29, 0.717) is 5.69 Å². The molecule has 0 saturated heterocycles. The minimum absolute atomic E-state index is 0.0300. The Hall–Kier alpha value is -3.68. The van der Waals surface area contributed by atoms with Crippen LogP contribution in [0, 0.1) is 10.1 Å². The van der Waals surface area contributed by atoms with Crippen LogP contribution in [0.25, 0.3) is 0 Å². The maximum absolute atomic E-state index is 11.3. The minimum atomic E-state index is -0.529. The highest BCUT2D eigenvalue weighted by atomic mass is 16.6. The molecule has 25 heavy (non-hydrogen) atoms. The molecule has 0 spiro atoms. The lowest BCUT2D eigenvalue weighted by atomic mass is 10.3. The van der Waals surface area contributed by atoms with Crippen LogP contribution in [-0.2, 0) is 0 Å². The van der Waals surface area contributed by atoms with Crippen molar-refractivity contribution in [3.63, 3.8) is 0 Å². The van der Waals surface area contributed by atoms with Gasteiger partial charge in [0, 0.05) is 12.7 Å². The first kappa shape index (κ1) is 16.2. The third-order valence-electron chi connectivity index (χ3n) is 3.56. The number of aromatic hydroxyl groups is 1. The average Bonchev–Trinajstić information content (AvgIpc) is 2.63. The molecule has 0 unspecified atom stereocenters. The summed E-state index contributed by atoms with van der Waals surface area (Å²) in [5.41, 5.74) is 0.941. The Morgan fingerprint density at radius 3 is 2.48 bits per heavy atom. The summed E-state index contributed by atoms with van der Waals surface area (Å²) >= 11 is 0. The maximum atomic E-state index is 11.3. The van der Waals surface area contributed by atoms with Crippen LogP contribution in [-0.4, -0.2) is 27.0 Å². The number of hydrogen-bond acceptors (Lipinski definition) is 7. The molecule has 0 amide bonds. The number of anilines is 4. The van der Waals surface area contributed by atoms with E-state index in [2.05, 4.69) is 15.3 Å². The Morgan fingerprint density at radius 2 is 1.80 bits per heavy atom. The normalized spacial score (nSPS) is 10.3. The number of aromatic nitrogens is 2. The fraction of sp³-hybridized carbons (Fsp3) is 0.0588. The van der Waals surface area contributed by atoms with Crippen LogP contribution in [0.15, 0.2) is 60.8 Å². The second-order valence-corrected chi connectivity index (χ2v) is 5.20. The van der Waals surface area contributed by atoms with Gasteiger partial charge in [-0.3, -0.25) is 10.1 Å². The SMILES string of the molecule is CN(c1ccccc1)c1nc(Nc2ccccc2O)ncc1[N+](=O)[O-]. The van der Waals surface area contributed by atoms with E-state index in [1.54, 1.807) is 30.1 Å². The fourth-order valence-corrected chi connectivity index (χ4v) is 2.28. The predicted octanol–water partition coefficient (Wildman–Crippen LogP) is 3.60. The van der Waals surface area contributed by atoms with Crippen molar-refractivity contribution >= 4 is 28.8 Å². The van der Waals surface area contributed by atoms with Gasteiger partial charge in [0.15, 0.2) is 0 Å². The molecule has 0 radical (unpaired) electrons. The summed E-state index contributed by atoms with van der Waals surface area (Å²) in [6, 6.07) is 15.8. The van der Waals surface area contributed by atoms with E-state index in [0.717, 1.165) is 11.9 Å². The molecule has 3 rings (SSSR count). The summed E-state index contributed by atoms with van der Waals surface area (Å²) in [6.45, 7) is 0. The first-order chi connectivity index (χ1) is 12.1. The molecule has 8 nitrogen and oxygen atoms in total. The van der Waals surface area contributed by atoms with Crippen molar-refractivity contribution in [3.05, 3.63) is 70.9 Å². The molecule has 2 N–H and O–H groups in total. The van der Waals surface area contributed by atoms with Crippen LogP contribution in [0.4, 0.5) is 28.8 Å². The summed E-state index contributed by atoms with van der Waals surface area (Å²) < 4.78 is 0. The predicted molar refractivity (Wildman–Crippen MR) is 94.6 cm³/mol. The van der Waals surface area contributed by atoms with Gasteiger partial charge < -0.3 is 15.3 Å². The fourth-order valence-electron chi connectivity index (χ4n) is 2.28. The van der Waals surface area contributed by atoms with Crippen molar-refractivity contribution in [2.75, 3.05) is 17.3 Å². The second-order valence-electron chi connectivity index (χ2n) is 5.20. The van der Waals surface area contributed by atoms with Gasteiger partial charge in [-0.2, -0.15) is 4.98 Å². The van der Waals surface area contributed by atoms with Crippen molar-refractivity contribution in [2.24, 2.45) is 0 Å². The molecular formula is C17H15N5O3. The van der Waals surface area contributed by atoms with Crippen molar-refractivity contribution in [1.82, 2.24) is 9.97 Å². The summed E-state index contributed by atoms with van der Waals surface area (Å²) in [6.07, 6.45) is 1.14. The van der Waals surface area contributed by atoms with Crippen molar-refractivity contribution in [2.45, 2.75) is 0 Å². The zero-order valence-corrected chi connectivity index (χ0v) is 13.3. The largest absolute Gasteiger partial charge is 0.506 e. The first-order valence-corrected chi connectivity index (χ1v) is 7.41. The van der Waals surface area contributed by atoms with Crippen molar-refractivity contribution in [1.29, 1.82) is 0 Å². The van der Waals surface area contributed by atoms with Gasteiger partial charge in [-0.15, -0.1) is 0 Å². The third kappa shape index (κ3) is 3.47.